The first-order chi connectivity index (χ1) is 17.6. The van der Waals surface area contributed by atoms with E-state index in [2.05, 4.69) is 122 Å². The normalized spacial score (nSPS) is 13.6. The number of hydrogen-bond acceptors (Lipinski definition) is 2. The molecule has 36 heavy (non-hydrogen) atoms. The maximum Gasteiger partial charge on any atom is 0.0353 e. The van der Waals surface area contributed by atoms with E-state index in [0.717, 1.165) is 0 Å². The summed E-state index contributed by atoms with van der Waals surface area (Å²) in [5, 5.41) is 4.98. The van der Waals surface area contributed by atoms with Gasteiger partial charge in [0, 0.05) is 33.0 Å². The van der Waals surface area contributed by atoms with Crippen molar-refractivity contribution in [2.24, 2.45) is 0 Å². The fourth-order valence-corrected chi connectivity index (χ4v) is 7.00. The molecule has 0 unspecified atom stereocenters. The van der Waals surface area contributed by atoms with Crippen molar-refractivity contribution in [2.45, 2.75) is 29.1 Å². The first-order valence-corrected chi connectivity index (χ1v) is 13.2. The summed E-state index contributed by atoms with van der Waals surface area (Å²) in [4.78, 5) is 7.09. The Bertz CT molecular complexity index is 1730. The summed E-state index contributed by atoms with van der Waals surface area (Å²) >= 11 is 1.87. The number of pyridine rings is 1. The van der Waals surface area contributed by atoms with Crippen LogP contribution >= 0.6 is 11.8 Å². The predicted molar refractivity (Wildman–Crippen MR) is 153 cm³/mol. The molecule has 0 spiro atoms. The minimum atomic E-state index is -0.00623. The van der Waals surface area contributed by atoms with Crippen molar-refractivity contribution in [3.63, 3.8) is 0 Å². The van der Waals surface area contributed by atoms with Gasteiger partial charge >= 0.3 is 0 Å². The minimum absolute atomic E-state index is 0.00623. The van der Waals surface area contributed by atoms with Gasteiger partial charge in [0.2, 0.25) is 0 Å². The lowest BCUT2D eigenvalue weighted by Crippen LogP contribution is -2.14. The third kappa shape index (κ3) is 3.14. The van der Waals surface area contributed by atoms with Crippen molar-refractivity contribution in [3.8, 4) is 22.3 Å². The molecule has 0 bridgehead atoms. The first-order valence-electron chi connectivity index (χ1n) is 12.4. The second-order valence-corrected chi connectivity index (χ2v) is 11.1. The number of nitrogens with zero attached hydrogens (tertiary/aromatic N) is 1. The highest BCUT2D eigenvalue weighted by atomic mass is 32.2. The molecule has 0 N–H and O–H groups in total. The van der Waals surface area contributed by atoms with E-state index in [1.165, 1.54) is 64.7 Å². The number of benzene rings is 5. The molecule has 0 saturated carbocycles. The van der Waals surface area contributed by atoms with Gasteiger partial charge in [-0.05, 0) is 67.7 Å². The molecule has 1 aliphatic carbocycles. The highest BCUT2D eigenvalue weighted by molar-refractivity contribution is 7.99. The lowest BCUT2D eigenvalue weighted by atomic mass is 9.82. The van der Waals surface area contributed by atoms with Crippen LogP contribution in [0.5, 0.6) is 0 Å². The molecular weight excluding hydrogens is 454 g/mol. The SMILES string of the molecule is CC1(C)c2ccccc2-c2ccc(Sc3c4ccccc4c(-c4ccccc4)c4cnccc34)cc21. The molecule has 5 aromatic carbocycles. The topological polar surface area (TPSA) is 12.9 Å². The summed E-state index contributed by atoms with van der Waals surface area (Å²) in [6.07, 6.45) is 3.94. The van der Waals surface area contributed by atoms with Gasteiger partial charge in [-0.15, -0.1) is 0 Å². The summed E-state index contributed by atoms with van der Waals surface area (Å²) in [5.41, 5.74) is 8.01. The average Bonchev–Trinajstić information content (AvgIpc) is 3.15. The van der Waals surface area contributed by atoms with Crippen LogP contribution in [0.15, 0.2) is 125 Å². The van der Waals surface area contributed by atoms with Gasteiger partial charge in [-0.2, -0.15) is 0 Å². The molecule has 6 aromatic rings. The molecular formula is C34H25NS. The Labute approximate surface area is 215 Å². The summed E-state index contributed by atoms with van der Waals surface area (Å²) in [7, 11) is 0. The Hall–Kier alpha value is -3.88. The van der Waals surface area contributed by atoms with Gasteiger partial charge in [0.25, 0.3) is 0 Å². The Morgan fingerprint density at radius 3 is 2.17 bits per heavy atom. The van der Waals surface area contributed by atoms with Crippen LogP contribution in [-0.2, 0) is 5.41 Å². The van der Waals surface area contributed by atoms with E-state index in [9.17, 15) is 0 Å². The minimum Gasteiger partial charge on any atom is -0.264 e. The molecule has 1 heterocycles. The lowest BCUT2D eigenvalue weighted by molar-refractivity contribution is 0.658. The highest BCUT2D eigenvalue weighted by Gasteiger charge is 2.35. The van der Waals surface area contributed by atoms with Crippen LogP contribution in [0, 0.1) is 0 Å². The standard InChI is InChI=1S/C34H25NS/c1-34(2)30-15-9-8-12-24(30)25-17-16-23(20-31(25)34)36-33-27-14-7-6-13-26(27)32(22-10-4-3-5-11-22)29-21-35-19-18-28(29)33/h3-21H,1-2H3. The van der Waals surface area contributed by atoms with E-state index in [1.807, 2.05) is 24.2 Å². The zero-order valence-corrected chi connectivity index (χ0v) is 21.1. The molecule has 1 aromatic heterocycles. The molecule has 2 heteroatoms. The van der Waals surface area contributed by atoms with Gasteiger partial charge in [-0.25, -0.2) is 0 Å². The second-order valence-electron chi connectivity index (χ2n) is 10.0. The molecule has 0 aliphatic heterocycles. The van der Waals surface area contributed by atoms with Crippen LogP contribution < -0.4 is 0 Å². The Morgan fingerprint density at radius 1 is 0.611 bits per heavy atom. The zero-order chi connectivity index (χ0) is 24.3. The number of hydrogen-bond donors (Lipinski definition) is 0. The van der Waals surface area contributed by atoms with E-state index in [-0.39, 0.29) is 5.41 Å². The maximum absolute atomic E-state index is 4.53. The highest BCUT2D eigenvalue weighted by Crippen LogP contribution is 2.51. The lowest BCUT2D eigenvalue weighted by Gasteiger charge is -2.22. The van der Waals surface area contributed by atoms with Crippen molar-refractivity contribution in [2.75, 3.05) is 0 Å². The van der Waals surface area contributed by atoms with E-state index in [1.54, 1.807) is 0 Å². The number of rotatable bonds is 3. The van der Waals surface area contributed by atoms with Crippen LogP contribution in [0.25, 0.3) is 43.8 Å². The third-order valence-electron chi connectivity index (χ3n) is 7.61. The van der Waals surface area contributed by atoms with Crippen LogP contribution in [0.1, 0.15) is 25.0 Å². The fourth-order valence-electron chi connectivity index (χ4n) is 5.87. The molecule has 7 rings (SSSR count). The molecule has 0 radical (unpaired) electrons. The Balaban J connectivity index is 1.44. The predicted octanol–water partition coefficient (Wildman–Crippen LogP) is 9.51. The van der Waals surface area contributed by atoms with Crippen molar-refractivity contribution in [3.05, 3.63) is 127 Å². The average molecular weight is 480 g/mol. The van der Waals surface area contributed by atoms with Crippen LogP contribution in [-0.4, -0.2) is 4.98 Å². The quantitative estimate of drug-likeness (QED) is 0.234. The fraction of sp³-hybridized carbons (Fsp3) is 0.0882. The largest absolute Gasteiger partial charge is 0.264 e. The van der Waals surface area contributed by atoms with Gasteiger partial charge in [-0.1, -0.05) is 111 Å². The molecule has 0 atom stereocenters. The molecule has 0 fully saturated rings. The van der Waals surface area contributed by atoms with Gasteiger partial charge in [0.1, 0.15) is 0 Å². The van der Waals surface area contributed by atoms with Crippen LogP contribution in [0.2, 0.25) is 0 Å². The van der Waals surface area contributed by atoms with E-state index >= 15 is 0 Å². The van der Waals surface area contributed by atoms with E-state index in [4.69, 9.17) is 0 Å². The molecule has 0 saturated heterocycles. The zero-order valence-electron chi connectivity index (χ0n) is 20.3. The van der Waals surface area contributed by atoms with E-state index < -0.39 is 0 Å². The second kappa shape index (κ2) is 8.08. The van der Waals surface area contributed by atoms with Crippen molar-refractivity contribution in [1.82, 2.24) is 4.98 Å². The number of aromatic nitrogens is 1. The van der Waals surface area contributed by atoms with Crippen LogP contribution in [0.3, 0.4) is 0 Å². The molecule has 1 nitrogen and oxygen atoms in total. The Morgan fingerprint density at radius 2 is 1.31 bits per heavy atom. The van der Waals surface area contributed by atoms with E-state index in [0.29, 0.717) is 0 Å². The smallest absolute Gasteiger partial charge is 0.0353 e. The summed E-state index contributed by atoms with van der Waals surface area (Å²) < 4.78 is 0. The molecule has 0 amide bonds. The van der Waals surface area contributed by atoms with Gasteiger partial charge < -0.3 is 0 Å². The molecule has 1 aliphatic rings. The summed E-state index contributed by atoms with van der Waals surface area (Å²) in [6, 6.07) is 37.5. The Kier molecular flexibility index (Phi) is 4.80. The van der Waals surface area contributed by atoms with Crippen molar-refractivity contribution in [1.29, 1.82) is 0 Å². The van der Waals surface area contributed by atoms with Crippen molar-refractivity contribution < 1.29 is 0 Å². The monoisotopic (exact) mass is 479 g/mol. The number of fused-ring (bicyclic) bond motifs is 5. The van der Waals surface area contributed by atoms with Crippen molar-refractivity contribution >= 4 is 33.3 Å². The molecule has 172 valence electrons. The van der Waals surface area contributed by atoms with Gasteiger partial charge in [-0.3, -0.25) is 4.98 Å². The summed E-state index contributed by atoms with van der Waals surface area (Å²) in [5.74, 6) is 0. The van der Waals surface area contributed by atoms with Gasteiger partial charge in [0.05, 0.1) is 0 Å². The third-order valence-corrected chi connectivity index (χ3v) is 8.75. The van der Waals surface area contributed by atoms with Crippen LogP contribution in [0.4, 0.5) is 0 Å². The first kappa shape index (κ1) is 21.4. The summed E-state index contributed by atoms with van der Waals surface area (Å²) in [6.45, 7) is 4.69. The maximum atomic E-state index is 4.53. The van der Waals surface area contributed by atoms with Gasteiger partial charge in [0.15, 0.2) is 0 Å².